The van der Waals surface area contributed by atoms with Gasteiger partial charge in [0.25, 0.3) is 0 Å². The highest BCUT2D eigenvalue weighted by Gasteiger charge is 2.20. The molecule has 0 fully saturated rings. The smallest absolute Gasteiger partial charge is 0.0541 e. The molecule has 1 nitrogen and oxygen atoms in total. The summed E-state index contributed by atoms with van der Waals surface area (Å²) in [6, 6.07) is 77.7. The molecule has 0 unspecified atom stereocenters. The van der Waals surface area contributed by atoms with E-state index in [0.29, 0.717) is 0 Å². The highest BCUT2D eigenvalue weighted by Crippen LogP contribution is 2.46. The number of aromatic nitrogens is 1. The summed E-state index contributed by atoms with van der Waals surface area (Å²) in [5.74, 6) is 0. The van der Waals surface area contributed by atoms with Crippen molar-refractivity contribution in [2.24, 2.45) is 0 Å². The van der Waals surface area contributed by atoms with Crippen LogP contribution in [0.1, 0.15) is 0 Å². The molecule has 0 aliphatic carbocycles. The summed E-state index contributed by atoms with van der Waals surface area (Å²) in [6.45, 7) is 0. The van der Waals surface area contributed by atoms with Gasteiger partial charge in [-0.15, -0.1) is 0 Å². The second kappa shape index (κ2) is 12.7. The zero-order chi connectivity index (χ0) is 36.3. The van der Waals surface area contributed by atoms with Gasteiger partial charge in [0, 0.05) is 16.2 Å². The van der Waals surface area contributed by atoms with Crippen molar-refractivity contribution in [3.8, 4) is 50.2 Å². The summed E-state index contributed by atoms with van der Waals surface area (Å²) in [5.41, 5.74) is 13.5. The third-order valence-electron chi connectivity index (χ3n) is 11.4. The fourth-order valence-electron chi connectivity index (χ4n) is 8.93. The van der Waals surface area contributed by atoms with Gasteiger partial charge in [-0.1, -0.05) is 188 Å². The van der Waals surface area contributed by atoms with E-state index < -0.39 is 0 Å². The number of benzene rings is 10. The zero-order valence-corrected chi connectivity index (χ0v) is 30.2. The quantitative estimate of drug-likeness (QED) is 0.158. The SMILES string of the molecule is c1ccc(-c2ccc(-c3ccc4c(c3)c3ccccc3n4-c3ccc(-c4c5ccccc5c(-c5ccccc5)c5ccccc45)c4ccccc34)cc2)cc1. The van der Waals surface area contributed by atoms with E-state index in [0.717, 1.165) is 0 Å². The number of hydrogen-bond donors (Lipinski definition) is 0. The van der Waals surface area contributed by atoms with Crippen LogP contribution in [0, 0.1) is 0 Å². The molecule has 256 valence electrons. The van der Waals surface area contributed by atoms with E-state index in [1.807, 2.05) is 0 Å². The normalized spacial score (nSPS) is 11.6. The van der Waals surface area contributed by atoms with Crippen LogP contribution < -0.4 is 0 Å². The van der Waals surface area contributed by atoms with Crippen molar-refractivity contribution in [2.45, 2.75) is 0 Å². The van der Waals surface area contributed by atoms with Crippen molar-refractivity contribution in [1.82, 2.24) is 4.57 Å². The van der Waals surface area contributed by atoms with Gasteiger partial charge < -0.3 is 4.57 Å². The van der Waals surface area contributed by atoms with Crippen molar-refractivity contribution in [3.05, 3.63) is 212 Å². The summed E-state index contributed by atoms with van der Waals surface area (Å²) < 4.78 is 2.47. The minimum atomic E-state index is 1.18. The minimum absolute atomic E-state index is 1.18. The van der Waals surface area contributed by atoms with Crippen LogP contribution in [-0.4, -0.2) is 4.57 Å². The molecule has 1 heterocycles. The largest absolute Gasteiger partial charge is 0.309 e. The molecular formula is C54H35N. The first-order valence-electron chi connectivity index (χ1n) is 19.0. The molecule has 10 aromatic carbocycles. The summed E-state index contributed by atoms with van der Waals surface area (Å²) in [7, 11) is 0. The Balaban J connectivity index is 1.12. The van der Waals surface area contributed by atoms with Crippen LogP contribution in [0.15, 0.2) is 212 Å². The molecule has 0 aliphatic heterocycles. The number of para-hydroxylation sites is 1. The lowest BCUT2D eigenvalue weighted by atomic mass is 9.84. The predicted octanol–water partition coefficient (Wildman–Crippen LogP) is 14.9. The maximum Gasteiger partial charge on any atom is 0.0541 e. The molecule has 0 bridgehead atoms. The molecule has 0 saturated carbocycles. The lowest BCUT2D eigenvalue weighted by molar-refractivity contribution is 1.20. The molecule has 0 N–H and O–H groups in total. The van der Waals surface area contributed by atoms with E-state index >= 15 is 0 Å². The fraction of sp³-hybridized carbons (Fsp3) is 0. The Labute approximate surface area is 320 Å². The van der Waals surface area contributed by atoms with Crippen LogP contribution in [0.2, 0.25) is 0 Å². The number of rotatable bonds is 5. The van der Waals surface area contributed by atoms with Gasteiger partial charge >= 0.3 is 0 Å². The molecule has 0 atom stereocenters. The minimum Gasteiger partial charge on any atom is -0.309 e. The van der Waals surface area contributed by atoms with Gasteiger partial charge in [-0.3, -0.25) is 0 Å². The first-order chi connectivity index (χ1) is 27.3. The Morgan fingerprint density at radius 3 is 1.31 bits per heavy atom. The highest BCUT2D eigenvalue weighted by atomic mass is 15.0. The van der Waals surface area contributed by atoms with E-state index in [-0.39, 0.29) is 0 Å². The van der Waals surface area contributed by atoms with Crippen LogP contribution in [-0.2, 0) is 0 Å². The Hall–Kier alpha value is -7.22. The van der Waals surface area contributed by atoms with Gasteiger partial charge in [0.2, 0.25) is 0 Å². The van der Waals surface area contributed by atoms with Crippen LogP contribution in [0.3, 0.4) is 0 Å². The third kappa shape index (κ3) is 5.01. The van der Waals surface area contributed by atoms with Crippen molar-refractivity contribution in [3.63, 3.8) is 0 Å². The van der Waals surface area contributed by atoms with Crippen molar-refractivity contribution in [2.75, 3.05) is 0 Å². The molecule has 0 amide bonds. The maximum atomic E-state index is 2.47. The van der Waals surface area contributed by atoms with Crippen LogP contribution in [0.4, 0.5) is 0 Å². The van der Waals surface area contributed by atoms with Crippen molar-refractivity contribution < 1.29 is 0 Å². The van der Waals surface area contributed by atoms with Gasteiger partial charge in [0.1, 0.15) is 0 Å². The molecule has 0 radical (unpaired) electrons. The van der Waals surface area contributed by atoms with Crippen LogP contribution >= 0.6 is 0 Å². The standard InChI is InChI=1S/C54H35N/c1-3-15-36(16-4-1)37-27-29-38(30-28-37)40-31-33-52-49(35-40)43-21-13-14-26-50(43)55(52)51-34-32-48(41-19-7-8-20-42(41)51)54-46-24-11-9-22-44(46)53(39-17-5-2-6-18-39)45-23-10-12-25-47(45)54/h1-35H. The topological polar surface area (TPSA) is 4.93 Å². The Bertz CT molecular complexity index is 3170. The number of nitrogens with zero attached hydrogens (tertiary/aromatic N) is 1. The average molecular weight is 698 g/mol. The predicted molar refractivity (Wildman–Crippen MR) is 235 cm³/mol. The Morgan fingerprint density at radius 1 is 0.236 bits per heavy atom. The van der Waals surface area contributed by atoms with E-state index in [2.05, 4.69) is 217 Å². The number of hydrogen-bond acceptors (Lipinski definition) is 0. The molecule has 11 aromatic rings. The van der Waals surface area contributed by atoms with Gasteiger partial charge in [-0.25, -0.2) is 0 Å². The molecule has 1 aromatic heterocycles. The Kier molecular flexibility index (Phi) is 7.25. The van der Waals surface area contributed by atoms with E-state index in [9.17, 15) is 0 Å². The Morgan fingerprint density at radius 2 is 0.673 bits per heavy atom. The van der Waals surface area contributed by atoms with Gasteiger partial charge in [-0.05, 0) is 95.7 Å². The first-order valence-corrected chi connectivity index (χ1v) is 19.0. The molecular weight excluding hydrogens is 663 g/mol. The monoisotopic (exact) mass is 697 g/mol. The third-order valence-corrected chi connectivity index (χ3v) is 11.4. The lowest BCUT2D eigenvalue weighted by Gasteiger charge is -2.20. The molecule has 1 heteroatoms. The fourth-order valence-corrected chi connectivity index (χ4v) is 8.93. The summed E-state index contributed by atoms with van der Waals surface area (Å²) >= 11 is 0. The second-order valence-electron chi connectivity index (χ2n) is 14.4. The molecule has 55 heavy (non-hydrogen) atoms. The average Bonchev–Trinajstić information content (AvgIpc) is 3.59. The lowest BCUT2D eigenvalue weighted by Crippen LogP contribution is -1.97. The maximum absolute atomic E-state index is 2.47. The second-order valence-corrected chi connectivity index (χ2v) is 14.4. The highest BCUT2D eigenvalue weighted by molar-refractivity contribution is 6.24. The summed E-state index contributed by atoms with van der Waals surface area (Å²) in [5, 5.41) is 10.0. The number of fused-ring (bicyclic) bond motifs is 6. The molecule has 0 saturated heterocycles. The van der Waals surface area contributed by atoms with Gasteiger partial charge in [0.15, 0.2) is 0 Å². The van der Waals surface area contributed by atoms with Crippen molar-refractivity contribution in [1.29, 1.82) is 0 Å². The van der Waals surface area contributed by atoms with Crippen molar-refractivity contribution >= 4 is 54.1 Å². The van der Waals surface area contributed by atoms with E-state index in [4.69, 9.17) is 0 Å². The zero-order valence-electron chi connectivity index (χ0n) is 30.2. The van der Waals surface area contributed by atoms with E-state index in [1.165, 1.54) is 104 Å². The van der Waals surface area contributed by atoms with E-state index in [1.54, 1.807) is 0 Å². The van der Waals surface area contributed by atoms with Gasteiger partial charge in [0.05, 0.1) is 16.7 Å². The van der Waals surface area contributed by atoms with Crippen LogP contribution in [0.25, 0.3) is 104 Å². The molecule has 0 aliphatic rings. The summed E-state index contributed by atoms with van der Waals surface area (Å²) in [4.78, 5) is 0. The van der Waals surface area contributed by atoms with Crippen LogP contribution in [0.5, 0.6) is 0 Å². The summed E-state index contributed by atoms with van der Waals surface area (Å²) in [6.07, 6.45) is 0. The molecule has 11 rings (SSSR count). The van der Waals surface area contributed by atoms with Gasteiger partial charge in [-0.2, -0.15) is 0 Å². The first kappa shape index (κ1) is 31.3. The molecule has 0 spiro atoms.